The molecule has 2 bridgehead atoms. The van der Waals surface area contributed by atoms with Crippen LogP contribution in [0.5, 0.6) is 5.75 Å². The van der Waals surface area contributed by atoms with Crippen molar-refractivity contribution in [1.29, 1.82) is 0 Å². The van der Waals surface area contributed by atoms with Crippen LogP contribution in [-0.4, -0.2) is 24.2 Å². The maximum atomic E-state index is 12.7. The van der Waals surface area contributed by atoms with Gasteiger partial charge in [0.15, 0.2) is 0 Å². The summed E-state index contributed by atoms with van der Waals surface area (Å²) in [5.41, 5.74) is 1.84. The van der Waals surface area contributed by atoms with E-state index in [1.165, 1.54) is 0 Å². The predicted molar refractivity (Wildman–Crippen MR) is 119 cm³/mol. The quantitative estimate of drug-likeness (QED) is 0.711. The molecule has 6 heteroatoms. The molecule has 0 heterocycles. The molecule has 2 aromatic carbocycles. The number of rotatable bonds is 6. The number of amides is 2. The highest BCUT2D eigenvalue weighted by Gasteiger charge is 2.41. The third kappa shape index (κ3) is 4.95. The Hall–Kier alpha value is -3.15. The monoisotopic (exact) mass is 420 g/mol. The molecule has 0 radical (unpaired) electrons. The van der Waals surface area contributed by atoms with Crippen LogP contribution in [0.2, 0.25) is 0 Å². The summed E-state index contributed by atoms with van der Waals surface area (Å²) in [6.45, 7) is 2.51. The Morgan fingerprint density at radius 1 is 0.903 bits per heavy atom. The van der Waals surface area contributed by atoms with E-state index < -0.39 is 0 Å². The van der Waals surface area contributed by atoms with Gasteiger partial charge in [-0.1, -0.05) is 6.42 Å². The first-order valence-electron chi connectivity index (χ1n) is 11.0. The van der Waals surface area contributed by atoms with Crippen LogP contribution in [0.25, 0.3) is 0 Å². The van der Waals surface area contributed by atoms with E-state index in [4.69, 9.17) is 4.74 Å². The molecule has 4 rings (SSSR count). The highest BCUT2D eigenvalue weighted by Crippen LogP contribution is 2.40. The van der Waals surface area contributed by atoms with Gasteiger partial charge in [0.2, 0.25) is 5.91 Å². The summed E-state index contributed by atoms with van der Waals surface area (Å²) in [5.74, 6) is 0.853. The number of nitrogens with one attached hydrogen (secondary N) is 2. The third-order valence-corrected chi connectivity index (χ3v) is 6.26. The van der Waals surface area contributed by atoms with E-state index in [1.807, 2.05) is 19.1 Å². The van der Waals surface area contributed by atoms with Crippen LogP contribution in [-0.2, 0) is 9.59 Å². The summed E-state index contributed by atoms with van der Waals surface area (Å²) >= 11 is 0. The molecule has 2 unspecified atom stereocenters. The van der Waals surface area contributed by atoms with E-state index in [-0.39, 0.29) is 29.6 Å². The average Bonchev–Trinajstić information content (AvgIpc) is 2.75. The SMILES string of the molecule is CCOc1ccc(NC(=O)c2ccc(NC(=O)C3CC4CCCC(C3)C4=O)cc2)cc1. The van der Waals surface area contributed by atoms with Crippen molar-refractivity contribution >= 4 is 29.0 Å². The molecule has 2 fully saturated rings. The number of fused-ring (bicyclic) bond motifs is 2. The summed E-state index contributed by atoms with van der Waals surface area (Å²) < 4.78 is 5.40. The Morgan fingerprint density at radius 3 is 2.10 bits per heavy atom. The fourth-order valence-electron chi connectivity index (χ4n) is 4.65. The summed E-state index contributed by atoms with van der Waals surface area (Å²) in [5, 5.41) is 5.81. The highest BCUT2D eigenvalue weighted by molar-refractivity contribution is 6.04. The van der Waals surface area contributed by atoms with Gasteiger partial charge in [0.05, 0.1) is 6.61 Å². The number of ether oxygens (including phenoxy) is 1. The maximum Gasteiger partial charge on any atom is 0.255 e. The zero-order valence-electron chi connectivity index (χ0n) is 17.7. The van der Waals surface area contributed by atoms with Crippen molar-refractivity contribution in [3.8, 4) is 5.75 Å². The second kappa shape index (κ2) is 9.33. The van der Waals surface area contributed by atoms with E-state index in [1.54, 1.807) is 36.4 Å². The van der Waals surface area contributed by atoms with E-state index in [0.717, 1.165) is 25.0 Å². The van der Waals surface area contributed by atoms with Crippen LogP contribution >= 0.6 is 0 Å². The molecule has 162 valence electrons. The number of carbonyl (C=O) groups excluding carboxylic acids is 3. The van der Waals surface area contributed by atoms with Crippen LogP contribution in [0.15, 0.2) is 48.5 Å². The summed E-state index contributed by atoms with van der Waals surface area (Å²) in [4.78, 5) is 37.5. The molecule has 31 heavy (non-hydrogen) atoms. The smallest absolute Gasteiger partial charge is 0.255 e. The number of Topliss-reactive ketones (excluding diaryl/α,β-unsaturated/α-hetero) is 1. The Bertz CT molecular complexity index is 936. The Labute approximate surface area is 182 Å². The van der Waals surface area contributed by atoms with Gasteiger partial charge < -0.3 is 15.4 Å². The molecular formula is C25H28N2O4. The van der Waals surface area contributed by atoms with Gasteiger partial charge in [-0.15, -0.1) is 0 Å². The minimum absolute atomic E-state index is 0.0315. The number of hydrogen-bond donors (Lipinski definition) is 2. The van der Waals surface area contributed by atoms with Gasteiger partial charge in [-0.3, -0.25) is 14.4 Å². The molecule has 2 saturated carbocycles. The van der Waals surface area contributed by atoms with Gasteiger partial charge in [-0.05, 0) is 81.1 Å². The molecule has 2 aliphatic rings. The third-order valence-electron chi connectivity index (χ3n) is 6.26. The molecule has 0 spiro atoms. The Kier molecular flexibility index (Phi) is 6.35. The standard InChI is InChI=1S/C25H28N2O4/c1-2-31-22-12-10-21(11-13-22)26-24(29)16-6-8-20(9-7-16)27-25(30)19-14-17-4-3-5-18(15-19)23(17)28/h6-13,17-19H,2-5,14-15H2,1H3,(H,26,29)(H,27,30). The van der Waals surface area contributed by atoms with Crippen LogP contribution in [0.1, 0.15) is 49.4 Å². The summed E-state index contributed by atoms with van der Waals surface area (Å²) in [7, 11) is 0. The van der Waals surface area contributed by atoms with Gasteiger partial charge in [0.1, 0.15) is 11.5 Å². The van der Waals surface area contributed by atoms with Gasteiger partial charge >= 0.3 is 0 Å². The van der Waals surface area contributed by atoms with Crippen LogP contribution < -0.4 is 15.4 Å². The van der Waals surface area contributed by atoms with Crippen molar-refractivity contribution in [3.05, 3.63) is 54.1 Å². The molecular weight excluding hydrogens is 392 g/mol. The largest absolute Gasteiger partial charge is 0.494 e. The minimum atomic E-state index is -0.222. The van der Waals surface area contributed by atoms with Gasteiger partial charge in [-0.2, -0.15) is 0 Å². The van der Waals surface area contributed by atoms with Crippen LogP contribution in [0.4, 0.5) is 11.4 Å². The second-order valence-electron chi connectivity index (χ2n) is 8.37. The van der Waals surface area contributed by atoms with E-state index in [0.29, 0.717) is 42.2 Å². The molecule has 2 aromatic rings. The molecule has 2 N–H and O–H groups in total. The summed E-state index contributed by atoms with van der Waals surface area (Å²) in [6, 6.07) is 14.1. The molecule has 0 saturated heterocycles. The second-order valence-corrected chi connectivity index (χ2v) is 8.37. The van der Waals surface area contributed by atoms with E-state index >= 15 is 0 Å². The number of benzene rings is 2. The van der Waals surface area contributed by atoms with Crippen LogP contribution in [0.3, 0.4) is 0 Å². The zero-order chi connectivity index (χ0) is 21.8. The normalized spacial score (nSPS) is 22.5. The molecule has 0 aliphatic heterocycles. The first kappa shape index (κ1) is 21.1. The van der Waals surface area contributed by atoms with Crippen molar-refractivity contribution in [1.82, 2.24) is 0 Å². The van der Waals surface area contributed by atoms with E-state index in [2.05, 4.69) is 10.6 Å². The van der Waals surface area contributed by atoms with Gasteiger partial charge in [0.25, 0.3) is 5.91 Å². The van der Waals surface area contributed by atoms with Gasteiger partial charge in [-0.25, -0.2) is 0 Å². The lowest BCUT2D eigenvalue weighted by molar-refractivity contribution is -0.136. The number of anilines is 2. The average molecular weight is 421 g/mol. The lowest BCUT2D eigenvalue weighted by Gasteiger charge is -2.36. The molecule has 2 amide bonds. The van der Waals surface area contributed by atoms with Crippen molar-refractivity contribution in [3.63, 3.8) is 0 Å². The topological polar surface area (TPSA) is 84.5 Å². The molecule has 2 aliphatic carbocycles. The fraction of sp³-hybridized carbons (Fsp3) is 0.400. The van der Waals surface area contributed by atoms with Crippen molar-refractivity contribution in [2.45, 2.75) is 39.0 Å². The highest BCUT2D eigenvalue weighted by atomic mass is 16.5. The fourth-order valence-corrected chi connectivity index (χ4v) is 4.65. The molecule has 2 atom stereocenters. The predicted octanol–water partition coefficient (Wildman–Crippen LogP) is 4.67. The lowest BCUT2D eigenvalue weighted by Crippen LogP contribution is -2.40. The number of hydrogen-bond acceptors (Lipinski definition) is 4. The number of ketones is 1. The number of carbonyl (C=O) groups is 3. The van der Waals surface area contributed by atoms with Crippen molar-refractivity contribution in [2.75, 3.05) is 17.2 Å². The van der Waals surface area contributed by atoms with Crippen LogP contribution in [0, 0.1) is 17.8 Å². The first-order chi connectivity index (χ1) is 15.0. The molecule has 6 nitrogen and oxygen atoms in total. The Balaban J connectivity index is 1.33. The Morgan fingerprint density at radius 2 is 1.48 bits per heavy atom. The minimum Gasteiger partial charge on any atom is -0.494 e. The first-order valence-corrected chi connectivity index (χ1v) is 11.0. The van der Waals surface area contributed by atoms with Gasteiger partial charge in [0, 0.05) is 34.7 Å². The zero-order valence-corrected chi connectivity index (χ0v) is 17.7. The maximum absolute atomic E-state index is 12.7. The van der Waals surface area contributed by atoms with Crippen molar-refractivity contribution < 1.29 is 19.1 Å². The lowest BCUT2D eigenvalue weighted by atomic mass is 9.67. The molecule has 0 aromatic heterocycles. The summed E-state index contributed by atoms with van der Waals surface area (Å²) in [6.07, 6.45) is 4.23. The van der Waals surface area contributed by atoms with E-state index in [9.17, 15) is 14.4 Å². The van der Waals surface area contributed by atoms with Crippen molar-refractivity contribution in [2.24, 2.45) is 17.8 Å².